The lowest BCUT2D eigenvalue weighted by molar-refractivity contribution is 0.0492. The van der Waals surface area contributed by atoms with Crippen LogP contribution in [-0.4, -0.2) is 17.6 Å². The predicted octanol–water partition coefficient (Wildman–Crippen LogP) is 3.74. The highest BCUT2D eigenvalue weighted by Crippen LogP contribution is 2.08. The highest BCUT2D eigenvalue weighted by atomic mass is 19.1. The maximum atomic E-state index is 13.2. The van der Waals surface area contributed by atoms with Crippen LogP contribution < -0.4 is 0 Å². The number of hydrogen-bond donors (Lipinski definition) is 0. The van der Waals surface area contributed by atoms with Gasteiger partial charge in [-0.05, 0) is 12.5 Å². The third-order valence-corrected chi connectivity index (χ3v) is 2.72. The van der Waals surface area contributed by atoms with Crippen LogP contribution in [0.15, 0.2) is 18.5 Å². The van der Waals surface area contributed by atoms with Crippen molar-refractivity contribution in [2.75, 3.05) is 6.61 Å². The van der Waals surface area contributed by atoms with Gasteiger partial charge in [0.2, 0.25) is 0 Å². The van der Waals surface area contributed by atoms with E-state index in [1.165, 1.54) is 31.5 Å². The Hall–Kier alpha value is -1.45. The lowest BCUT2D eigenvalue weighted by atomic mass is 10.1. The summed E-state index contributed by atoms with van der Waals surface area (Å²) in [7, 11) is 0. The minimum atomic E-state index is -0.634. The monoisotopic (exact) mass is 253 g/mol. The largest absolute Gasteiger partial charge is 0.462 e. The third kappa shape index (κ3) is 5.25. The Morgan fingerprint density at radius 1 is 1.28 bits per heavy atom. The van der Waals surface area contributed by atoms with Crippen molar-refractivity contribution in [3.63, 3.8) is 0 Å². The molecule has 3 nitrogen and oxygen atoms in total. The molecule has 0 spiro atoms. The number of rotatable bonds is 8. The molecule has 0 amide bonds. The van der Waals surface area contributed by atoms with E-state index in [9.17, 15) is 9.18 Å². The summed E-state index contributed by atoms with van der Waals surface area (Å²) in [5, 5.41) is 0. The van der Waals surface area contributed by atoms with E-state index in [2.05, 4.69) is 11.9 Å². The van der Waals surface area contributed by atoms with Crippen LogP contribution in [0.4, 0.5) is 4.39 Å². The molecular formula is C14H20FNO2. The molecule has 0 saturated carbocycles. The smallest absolute Gasteiger partial charge is 0.341 e. The number of unbranched alkanes of at least 4 members (excludes halogenated alkanes) is 5. The zero-order valence-electron chi connectivity index (χ0n) is 10.8. The highest BCUT2D eigenvalue weighted by molar-refractivity contribution is 5.89. The van der Waals surface area contributed by atoms with Crippen LogP contribution in [0.2, 0.25) is 0 Å². The van der Waals surface area contributed by atoms with Crippen LogP contribution in [0.3, 0.4) is 0 Å². The van der Waals surface area contributed by atoms with Gasteiger partial charge in [0, 0.05) is 6.20 Å². The highest BCUT2D eigenvalue weighted by Gasteiger charge is 2.12. The van der Waals surface area contributed by atoms with Crippen LogP contribution in [-0.2, 0) is 4.74 Å². The van der Waals surface area contributed by atoms with E-state index in [-0.39, 0.29) is 5.56 Å². The number of carbonyl (C=O) groups excluding carboxylic acids is 1. The standard InChI is InChI=1S/C14H20FNO2/c1-2-3-4-5-6-7-10-18-14(17)12-8-9-16-11-13(12)15/h8-9,11H,2-7,10H2,1H3. The maximum absolute atomic E-state index is 13.2. The summed E-state index contributed by atoms with van der Waals surface area (Å²) in [5.74, 6) is -1.24. The molecule has 0 bridgehead atoms. The molecule has 0 aromatic carbocycles. The van der Waals surface area contributed by atoms with Crippen LogP contribution in [0.25, 0.3) is 0 Å². The molecule has 1 heterocycles. The van der Waals surface area contributed by atoms with E-state index < -0.39 is 11.8 Å². The van der Waals surface area contributed by atoms with Gasteiger partial charge in [-0.1, -0.05) is 39.0 Å². The number of carbonyl (C=O) groups is 1. The van der Waals surface area contributed by atoms with E-state index in [1.807, 2.05) is 0 Å². The second-order valence-electron chi connectivity index (χ2n) is 4.26. The van der Waals surface area contributed by atoms with E-state index >= 15 is 0 Å². The first-order valence-corrected chi connectivity index (χ1v) is 6.52. The summed E-state index contributed by atoms with van der Waals surface area (Å²) in [6.45, 7) is 2.53. The number of hydrogen-bond acceptors (Lipinski definition) is 3. The van der Waals surface area contributed by atoms with Crippen molar-refractivity contribution in [3.05, 3.63) is 29.8 Å². The van der Waals surface area contributed by atoms with Crippen molar-refractivity contribution < 1.29 is 13.9 Å². The molecule has 18 heavy (non-hydrogen) atoms. The Labute approximate surface area is 107 Å². The summed E-state index contributed by atoms with van der Waals surface area (Å²) in [5.41, 5.74) is -0.0454. The number of halogens is 1. The zero-order valence-corrected chi connectivity index (χ0v) is 10.8. The molecule has 1 rings (SSSR count). The van der Waals surface area contributed by atoms with Crippen molar-refractivity contribution >= 4 is 5.97 Å². The summed E-state index contributed by atoms with van der Waals surface area (Å²) >= 11 is 0. The molecule has 0 atom stereocenters. The van der Waals surface area contributed by atoms with Gasteiger partial charge in [0.25, 0.3) is 0 Å². The molecule has 0 aliphatic heterocycles. The normalized spacial score (nSPS) is 10.3. The number of esters is 1. The Balaban J connectivity index is 2.16. The fraction of sp³-hybridized carbons (Fsp3) is 0.571. The zero-order chi connectivity index (χ0) is 13.2. The van der Waals surface area contributed by atoms with Crippen molar-refractivity contribution in [1.82, 2.24) is 4.98 Å². The SMILES string of the molecule is CCCCCCCCOC(=O)c1ccncc1F. The van der Waals surface area contributed by atoms with E-state index in [1.54, 1.807) is 0 Å². The molecular weight excluding hydrogens is 233 g/mol. The molecule has 0 saturated heterocycles. The molecule has 100 valence electrons. The summed E-state index contributed by atoms with van der Waals surface area (Å²) in [6.07, 6.45) is 9.14. The molecule has 1 aromatic rings. The van der Waals surface area contributed by atoms with Crippen molar-refractivity contribution in [1.29, 1.82) is 0 Å². The molecule has 0 fully saturated rings. The van der Waals surface area contributed by atoms with Gasteiger partial charge in [-0.25, -0.2) is 9.18 Å². The van der Waals surface area contributed by atoms with E-state index in [4.69, 9.17) is 4.74 Å². The van der Waals surface area contributed by atoms with Gasteiger partial charge < -0.3 is 4.74 Å². The predicted molar refractivity (Wildman–Crippen MR) is 67.9 cm³/mol. The second-order valence-corrected chi connectivity index (χ2v) is 4.26. The Bertz CT molecular complexity index is 369. The lowest BCUT2D eigenvalue weighted by Gasteiger charge is -2.05. The molecule has 0 N–H and O–H groups in total. The Morgan fingerprint density at radius 3 is 2.72 bits per heavy atom. The van der Waals surface area contributed by atoms with Crippen molar-refractivity contribution in [2.45, 2.75) is 45.4 Å². The molecule has 0 radical (unpaired) electrons. The number of aromatic nitrogens is 1. The summed E-state index contributed by atoms with van der Waals surface area (Å²) in [6, 6.07) is 1.33. The van der Waals surface area contributed by atoms with Crippen molar-refractivity contribution in [3.8, 4) is 0 Å². The third-order valence-electron chi connectivity index (χ3n) is 2.72. The van der Waals surface area contributed by atoms with E-state index in [0.29, 0.717) is 6.61 Å². The summed E-state index contributed by atoms with van der Waals surface area (Å²) < 4.78 is 18.2. The van der Waals surface area contributed by atoms with Gasteiger partial charge in [-0.2, -0.15) is 0 Å². The molecule has 0 unspecified atom stereocenters. The van der Waals surface area contributed by atoms with Crippen LogP contribution >= 0.6 is 0 Å². The first kappa shape index (κ1) is 14.6. The molecule has 0 aliphatic carbocycles. The molecule has 4 heteroatoms. The van der Waals surface area contributed by atoms with Crippen LogP contribution in [0.5, 0.6) is 0 Å². The average molecular weight is 253 g/mol. The van der Waals surface area contributed by atoms with Gasteiger partial charge in [-0.15, -0.1) is 0 Å². The fourth-order valence-electron chi connectivity index (χ4n) is 1.67. The molecule has 0 aliphatic rings. The number of nitrogens with zero attached hydrogens (tertiary/aromatic N) is 1. The molecule has 1 aromatic heterocycles. The fourth-order valence-corrected chi connectivity index (χ4v) is 1.67. The van der Waals surface area contributed by atoms with E-state index in [0.717, 1.165) is 25.5 Å². The Kier molecular flexibility index (Phi) is 6.99. The average Bonchev–Trinajstić information content (AvgIpc) is 2.38. The minimum absolute atomic E-state index is 0.0454. The topological polar surface area (TPSA) is 39.2 Å². The minimum Gasteiger partial charge on any atom is -0.462 e. The van der Waals surface area contributed by atoms with Crippen molar-refractivity contribution in [2.24, 2.45) is 0 Å². The lowest BCUT2D eigenvalue weighted by Crippen LogP contribution is -2.08. The number of pyridine rings is 1. The second kappa shape index (κ2) is 8.61. The summed E-state index contributed by atoms with van der Waals surface area (Å²) in [4.78, 5) is 15.1. The van der Waals surface area contributed by atoms with Gasteiger partial charge in [0.05, 0.1) is 18.4 Å². The first-order chi connectivity index (χ1) is 8.75. The van der Waals surface area contributed by atoms with Crippen LogP contribution in [0.1, 0.15) is 55.8 Å². The van der Waals surface area contributed by atoms with Crippen LogP contribution in [0, 0.1) is 5.82 Å². The maximum Gasteiger partial charge on any atom is 0.341 e. The first-order valence-electron chi connectivity index (χ1n) is 6.52. The van der Waals surface area contributed by atoms with Gasteiger partial charge in [0.15, 0.2) is 5.82 Å². The quantitative estimate of drug-likeness (QED) is 0.523. The van der Waals surface area contributed by atoms with Gasteiger partial charge in [-0.3, -0.25) is 4.98 Å². The number of ether oxygens (including phenoxy) is 1. The van der Waals surface area contributed by atoms with Gasteiger partial charge >= 0.3 is 5.97 Å². The Morgan fingerprint density at radius 2 is 2.00 bits per heavy atom. The van der Waals surface area contributed by atoms with Gasteiger partial charge in [0.1, 0.15) is 0 Å².